The molecule has 0 aliphatic heterocycles. The Balaban J connectivity index is 2.70. The molecule has 110 valence electrons. The second kappa shape index (κ2) is 5.85. The zero-order valence-electron chi connectivity index (χ0n) is 11.1. The number of benzene rings is 1. The number of aromatic nitrogens is 1. The van der Waals surface area contributed by atoms with Crippen molar-refractivity contribution >= 4 is 32.5 Å². The number of pyridine rings is 1. The van der Waals surface area contributed by atoms with Gasteiger partial charge in [0.2, 0.25) is 10.0 Å². The molecule has 0 aliphatic carbocycles. The van der Waals surface area contributed by atoms with Crippen molar-refractivity contribution < 1.29 is 13.2 Å². The molecule has 1 aromatic heterocycles. The minimum atomic E-state index is -3.90. The number of hydrogen-bond acceptors (Lipinski definition) is 5. The lowest BCUT2D eigenvalue weighted by Crippen LogP contribution is -2.15. The molecule has 2 rings (SSSR count). The normalized spacial score (nSPS) is 12.9. The first-order valence-electron chi connectivity index (χ1n) is 6.05. The number of hydrogen-bond donors (Lipinski definition) is 1. The first-order valence-corrected chi connectivity index (χ1v) is 7.97. The Kier molecular flexibility index (Phi) is 4.32. The van der Waals surface area contributed by atoms with E-state index in [4.69, 9.17) is 26.7 Å². The Bertz CT molecular complexity index is 830. The molecular weight excluding hydrogens is 314 g/mol. The third-order valence-corrected chi connectivity index (χ3v) is 4.02. The number of fused-ring (bicyclic) bond motifs is 1. The molecule has 0 spiro atoms. The van der Waals surface area contributed by atoms with Gasteiger partial charge in [-0.1, -0.05) is 18.5 Å². The number of rotatable bonds is 4. The monoisotopic (exact) mass is 325 g/mol. The van der Waals surface area contributed by atoms with Crippen molar-refractivity contribution in [2.45, 2.75) is 24.3 Å². The summed E-state index contributed by atoms with van der Waals surface area (Å²) in [6.45, 7) is 1.80. The summed E-state index contributed by atoms with van der Waals surface area (Å²) >= 11 is 5.85. The maximum atomic E-state index is 11.6. The second-order valence-corrected chi connectivity index (χ2v) is 6.20. The first kappa shape index (κ1) is 15.5. The molecular formula is C13H12ClN3O3S. The third-order valence-electron chi connectivity index (χ3n) is 2.84. The van der Waals surface area contributed by atoms with E-state index in [2.05, 4.69) is 4.98 Å². The SMILES string of the molecule is CCC(C#N)Oc1ccc(S(N)(=O)=O)c2ccc(Cl)nc12. The van der Waals surface area contributed by atoms with E-state index >= 15 is 0 Å². The number of nitrogens with two attached hydrogens (primary N) is 1. The molecule has 0 saturated heterocycles. The van der Waals surface area contributed by atoms with Crippen LogP contribution in [0.5, 0.6) is 5.75 Å². The average molecular weight is 326 g/mol. The van der Waals surface area contributed by atoms with Gasteiger partial charge < -0.3 is 4.74 Å². The third kappa shape index (κ3) is 3.24. The highest BCUT2D eigenvalue weighted by Crippen LogP contribution is 2.31. The Hall–Kier alpha value is -1.88. The van der Waals surface area contributed by atoms with Gasteiger partial charge in [0.05, 0.1) is 4.90 Å². The fourth-order valence-corrected chi connectivity index (χ4v) is 2.72. The average Bonchev–Trinajstić information content (AvgIpc) is 2.43. The van der Waals surface area contributed by atoms with Gasteiger partial charge >= 0.3 is 0 Å². The van der Waals surface area contributed by atoms with Crippen molar-refractivity contribution in [2.24, 2.45) is 5.14 Å². The van der Waals surface area contributed by atoms with E-state index in [1.807, 2.05) is 6.07 Å². The second-order valence-electron chi connectivity index (χ2n) is 4.28. The van der Waals surface area contributed by atoms with E-state index in [1.54, 1.807) is 6.92 Å². The number of ether oxygens (including phenoxy) is 1. The van der Waals surface area contributed by atoms with Crippen molar-refractivity contribution in [3.8, 4) is 11.8 Å². The maximum absolute atomic E-state index is 11.6. The summed E-state index contributed by atoms with van der Waals surface area (Å²) in [5.41, 5.74) is 0.253. The van der Waals surface area contributed by atoms with Crippen molar-refractivity contribution in [1.29, 1.82) is 5.26 Å². The first-order chi connectivity index (χ1) is 9.86. The van der Waals surface area contributed by atoms with Gasteiger partial charge in [0.1, 0.15) is 22.5 Å². The molecule has 8 heteroatoms. The van der Waals surface area contributed by atoms with Crippen molar-refractivity contribution in [3.05, 3.63) is 29.4 Å². The van der Waals surface area contributed by atoms with Crippen LogP contribution in [-0.4, -0.2) is 19.5 Å². The number of primary sulfonamides is 1. The highest BCUT2D eigenvalue weighted by molar-refractivity contribution is 7.89. The molecule has 0 fully saturated rings. The van der Waals surface area contributed by atoms with E-state index in [1.165, 1.54) is 24.3 Å². The van der Waals surface area contributed by atoms with Crippen LogP contribution in [0.2, 0.25) is 5.15 Å². The minimum absolute atomic E-state index is 0.0703. The summed E-state index contributed by atoms with van der Waals surface area (Å²) in [5, 5.41) is 14.6. The van der Waals surface area contributed by atoms with Crippen LogP contribution in [0.25, 0.3) is 10.9 Å². The van der Waals surface area contributed by atoms with Gasteiger partial charge in [0.25, 0.3) is 0 Å². The van der Waals surface area contributed by atoms with E-state index in [0.717, 1.165) is 0 Å². The van der Waals surface area contributed by atoms with Crippen molar-refractivity contribution in [3.63, 3.8) is 0 Å². The van der Waals surface area contributed by atoms with Crippen LogP contribution in [0.3, 0.4) is 0 Å². The zero-order valence-corrected chi connectivity index (χ0v) is 12.6. The Morgan fingerprint density at radius 2 is 2.14 bits per heavy atom. The molecule has 0 aliphatic rings. The van der Waals surface area contributed by atoms with Gasteiger partial charge in [0, 0.05) is 5.39 Å². The van der Waals surface area contributed by atoms with Gasteiger partial charge in [-0.25, -0.2) is 18.5 Å². The predicted octanol–water partition coefficient (Wildman–Crippen LogP) is 2.22. The number of sulfonamides is 1. The Morgan fingerprint density at radius 3 is 2.71 bits per heavy atom. The smallest absolute Gasteiger partial charge is 0.238 e. The van der Waals surface area contributed by atoms with E-state index in [0.29, 0.717) is 11.8 Å². The van der Waals surface area contributed by atoms with Crippen LogP contribution in [-0.2, 0) is 10.0 Å². The Labute approximate surface area is 127 Å². The summed E-state index contributed by atoms with van der Waals surface area (Å²) < 4.78 is 28.7. The van der Waals surface area contributed by atoms with E-state index in [-0.39, 0.29) is 21.3 Å². The zero-order chi connectivity index (χ0) is 15.6. The predicted molar refractivity (Wildman–Crippen MR) is 78.4 cm³/mol. The van der Waals surface area contributed by atoms with Crippen LogP contribution in [0.15, 0.2) is 29.2 Å². The van der Waals surface area contributed by atoms with Crippen LogP contribution in [0.4, 0.5) is 0 Å². The van der Waals surface area contributed by atoms with Gasteiger partial charge in [-0.15, -0.1) is 0 Å². The molecule has 0 saturated carbocycles. The quantitative estimate of drug-likeness (QED) is 0.867. The Morgan fingerprint density at radius 1 is 1.43 bits per heavy atom. The summed E-state index contributed by atoms with van der Waals surface area (Å²) in [5.74, 6) is 0.285. The molecule has 2 aromatic rings. The number of halogens is 1. The lowest BCUT2D eigenvalue weighted by atomic mass is 10.2. The lowest BCUT2D eigenvalue weighted by molar-refractivity contribution is 0.254. The van der Waals surface area contributed by atoms with E-state index in [9.17, 15) is 8.42 Å². The maximum Gasteiger partial charge on any atom is 0.238 e. The largest absolute Gasteiger partial charge is 0.473 e. The lowest BCUT2D eigenvalue weighted by Gasteiger charge is -2.13. The summed E-state index contributed by atoms with van der Waals surface area (Å²) in [6, 6.07) is 7.71. The number of nitrogens with zero attached hydrogens (tertiary/aromatic N) is 2. The molecule has 21 heavy (non-hydrogen) atoms. The molecule has 2 N–H and O–H groups in total. The highest BCUT2D eigenvalue weighted by Gasteiger charge is 2.18. The van der Waals surface area contributed by atoms with Crippen LogP contribution in [0.1, 0.15) is 13.3 Å². The molecule has 0 radical (unpaired) electrons. The van der Waals surface area contributed by atoms with Gasteiger partial charge in [-0.2, -0.15) is 5.26 Å². The summed E-state index contributed by atoms with van der Waals surface area (Å²) in [6.07, 6.45) is -0.176. The standard InChI is InChI=1S/C13H12ClN3O3S/c1-2-8(7-15)20-10-4-5-11(21(16,18)19)9-3-6-12(14)17-13(9)10/h3-6,8H,2H2,1H3,(H2,16,18,19). The summed E-state index contributed by atoms with van der Waals surface area (Å²) in [4.78, 5) is 4.01. The van der Waals surface area contributed by atoms with Crippen molar-refractivity contribution in [2.75, 3.05) is 0 Å². The molecule has 1 heterocycles. The van der Waals surface area contributed by atoms with E-state index < -0.39 is 16.1 Å². The fourth-order valence-electron chi connectivity index (χ4n) is 1.84. The molecule has 6 nitrogen and oxygen atoms in total. The molecule has 1 unspecified atom stereocenters. The number of nitriles is 1. The topological polar surface area (TPSA) is 106 Å². The molecule has 0 amide bonds. The van der Waals surface area contributed by atoms with Crippen LogP contribution in [0, 0.1) is 11.3 Å². The van der Waals surface area contributed by atoms with Crippen LogP contribution >= 0.6 is 11.6 Å². The van der Waals surface area contributed by atoms with Crippen LogP contribution < -0.4 is 9.88 Å². The minimum Gasteiger partial charge on any atom is -0.473 e. The van der Waals surface area contributed by atoms with Gasteiger partial charge in [0.15, 0.2) is 6.10 Å². The van der Waals surface area contributed by atoms with Crippen molar-refractivity contribution in [1.82, 2.24) is 4.98 Å². The van der Waals surface area contributed by atoms with Gasteiger partial charge in [-0.3, -0.25) is 0 Å². The molecule has 1 aromatic carbocycles. The molecule has 1 atom stereocenters. The van der Waals surface area contributed by atoms with Gasteiger partial charge in [-0.05, 0) is 30.7 Å². The fraction of sp³-hybridized carbons (Fsp3) is 0.231. The molecule has 0 bridgehead atoms. The summed E-state index contributed by atoms with van der Waals surface area (Å²) in [7, 11) is -3.90. The highest BCUT2D eigenvalue weighted by atomic mass is 35.5.